The normalized spacial score (nSPS) is 9.00. The number of carbonyl (C=O) groups excluding carboxylic acids is 1. The van der Waals surface area contributed by atoms with Crippen molar-refractivity contribution in [2.45, 2.75) is 0 Å². The van der Waals surface area contributed by atoms with Crippen molar-refractivity contribution in [3.63, 3.8) is 0 Å². The summed E-state index contributed by atoms with van der Waals surface area (Å²) in [6.07, 6.45) is 3.45. The van der Waals surface area contributed by atoms with E-state index < -0.39 is 0 Å². The highest BCUT2D eigenvalue weighted by atomic mass is 16.2. The summed E-state index contributed by atoms with van der Waals surface area (Å²) in [7, 11) is 3.45. The molecule has 74 valence electrons. The van der Waals surface area contributed by atoms with Crippen molar-refractivity contribution >= 4 is 6.03 Å². The summed E-state index contributed by atoms with van der Waals surface area (Å²) in [5.41, 5.74) is 0. The molecule has 0 saturated carbocycles. The molecule has 0 aliphatic heterocycles. The van der Waals surface area contributed by atoms with Crippen molar-refractivity contribution in [2.75, 3.05) is 14.1 Å². The van der Waals surface area contributed by atoms with Crippen molar-refractivity contribution < 1.29 is 4.79 Å². The van der Waals surface area contributed by atoms with Crippen molar-refractivity contribution in [1.82, 2.24) is 9.47 Å². The van der Waals surface area contributed by atoms with E-state index in [4.69, 9.17) is 0 Å². The molecular weight excluding hydrogens is 176 g/mol. The number of carbonyl (C=O) groups is 1. The topological polar surface area (TPSA) is 25.2 Å². The van der Waals surface area contributed by atoms with Gasteiger partial charge in [-0.15, -0.1) is 0 Å². The molecule has 0 radical (unpaired) electrons. The quantitative estimate of drug-likeness (QED) is 0.615. The van der Waals surface area contributed by atoms with E-state index in [2.05, 4.69) is 0 Å². The standard InChI is InChI=1S/C11H14N2O/c1-12(2)11(14)13-9-7-5-3-4-6-8-10-13/h3-10H,1-2H3. The van der Waals surface area contributed by atoms with E-state index in [1.807, 2.05) is 36.4 Å². The van der Waals surface area contributed by atoms with Gasteiger partial charge in [-0.2, -0.15) is 0 Å². The van der Waals surface area contributed by atoms with Gasteiger partial charge >= 0.3 is 6.03 Å². The van der Waals surface area contributed by atoms with E-state index in [-0.39, 0.29) is 6.03 Å². The van der Waals surface area contributed by atoms with Crippen LogP contribution in [-0.4, -0.2) is 29.6 Å². The van der Waals surface area contributed by atoms with E-state index in [9.17, 15) is 4.79 Å². The minimum atomic E-state index is -0.0683. The summed E-state index contributed by atoms with van der Waals surface area (Å²) in [5.74, 6) is 0. The molecule has 3 heteroatoms. The Hall–Kier alpha value is -1.77. The Bertz CT molecular complexity index is 330. The zero-order valence-corrected chi connectivity index (χ0v) is 8.42. The van der Waals surface area contributed by atoms with Gasteiger partial charge in [-0.25, -0.2) is 4.79 Å². The maximum atomic E-state index is 11.6. The molecule has 0 atom stereocenters. The predicted molar refractivity (Wildman–Crippen MR) is 56.5 cm³/mol. The number of aromatic nitrogens is 1. The minimum absolute atomic E-state index is 0.0683. The Morgan fingerprint density at radius 3 is 1.79 bits per heavy atom. The highest BCUT2D eigenvalue weighted by Crippen LogP contribution is 1.89. The molecule has 0 aromatic carbocycles. The monoisotopic (exact) mass is 190 g/mol. The first-order valence-electron chi connectivity index (χ1n) is 4.40. The van der Waals surface area contributed by atoms with Gasteiger partial charge in [-0.1, -0.05) is 24.3 Å². The third kappa shape index (κ3) is 2.94. The van der Waals surface area contributed by atoms with Gasteiger partial charge in [0.05, 0.1) is 0 Å². The molecule has 14 heavy (non-hydrogen) atoms. The maximum absolute atomic E-state index is 11.6. The Labute approximate surface area is 83.9 Å². The lowest BCUT2D eigenvalue weighted by Crippen LogP contribution is -2.26. The number of hydrogen-bond donors (Lipinski definition) is 0. The van der Waals surface area contributed by atoms with Gasteiger partial charge in [-0.05, 0) is 12.1 Å². The average Bonchev–Trinajstić information content (AvgIpc) is 2.29. The lowest BCUT2D eigenvalue weighted by molar-refractivity contribution is 0.219. The maximum Gasteiger partial charge on any atom is 0.327 e. The molecule has 0 aliphatic rings. The van der Waals surface area contributed by atoms with Crippen molar-refractivity contribution in [1.29, 1.82) is 0 Å². The average molecular weight is 190 g/mol. The van der Waals surface area contributed by atoms with Gasteiger partial charge in [0.2, 0.25) is 0 Å². The molecule has 0 saturated heterocycles. The third-order valence-corrected chi connectivity index (χ3v) is 1.65. The van der Waals surface area contributed by atoms with Crippen LogP contribution in [-0.2, 0) is 0 Å². The van der Waals surface area contributed by atoms with Gasteiger partial charge in [0.25, 0.3) is 0 Å². The Kier molecular flexibility index (Phi) is 3.73. The van der Waals surface area contributed by atoms with Crippen LogP contribution in [0.25, 0.3) is 0 Å². The summed E-state index contributed by atoms with van der Waals surface area (Å²) in [4.78, 5) is 13.1. The molecule has 0 bridgehead atoms. The molecule has 0 fully saturated rings. The highest BCUT2D eigenvalue weighted by Gasteiger charge is 2.01. The van der Waals surface area contributed by atoms with E-state index in [0.29, 0.717) is 0 Å². The smallest absolute Gasteiger partial charge is 0.327 e. The van der Waals surface area contributed by atoms with Crippen molar-refractivity contribution in [3.05, 3.63) is 48.8 Å². The first-order chi connectivity index (χ1) is 6.72. The van der Waals surface area contributed by atoms with Gasteiger partial charge in [0.15, 0.2) is 0 Å². The Morgan fingerprint density at radius 1 is 0.929 bits per heavy atom. The zero-order valence-electron chi connectivity index (χ0n) is 8.42. The lowest BCUT2D eigenvalue weighted by atomic mass is 10.5. The molecule has 1 rings (SSSR count). The number of hydrogen-bond acceptors (Lipinski definition) is 1. The van der Waals surface area contributed by atoms with Crippen LogP contribution in [0, 0.1) is 0 Å². The molecule has 0 aliphatic carbocycles. The van der Waals surface area contributed by atoms with Gasteiger partial charge < -0.3 is 4.90 Å². The second-order valence-electron chi connectivity index (χ2n) is 3.04. The third-order valence-electron chi connectivity index (χ3n) is 1.65. The van der Waals surface area contributed by atoms with E-state index >= 15 is 0 Å². The number of amides is 1. The first kappa shape index (κ1) is 10.3. The lowest BCUT2D eigenvalue weighted by Gasteiger charge is -2.10. The van der Waals surface area contributed by atoms with Crippen LogP contribution >= 0.6 is 0 Å². The highest BCUT2D eigenvalue weighted by molar-refractivity contribution is 5.75. The van der Waals surface area contributed by atoms with Gasteiger partial charge in [-0.3, -0.25) is 4.57 Å². The fraction of sp³-hybridized carbons (Fsp3) is 0.182. The van der Waals surface area contributed by atoms with Crippen molar-refractivity contribution in [2.24, 2.45) is 0 Å². The van der Waals surface area contributed by atoms with Crippen LogP contribution in [0.1, 0.15) is 0 Å². The summed E-state index contributed by atoms with van der Waals surface area (Å²) in [6.45, 7) is 0. The molecular formula is C11H14N2O. The Balaban J connectivity index is 3.12. The predicted octanol–water partition coefficient (Wildman–Crippen LogP) is 2.14. The number of nitrogens with zero attached hydrogens (tertiary/aromatic N) is 2. The van der Waals surface area contributed by atoms with E-state index in [0.717, 1.165) is 0 Å². The summed E-state index contributed by atoms with van der Waals surface area (Å²) in [5, 5.41) is 0. The minimum Gasteiger partial charge on any atom is -0.330 e. The summed E-state index contributed by atoms with van der Waals surface area (Å²) in [6, 6.07) is 11.1. The van der Waals surface area contributed by atoms with Gasteiger partial charge in [0, 0.05) is 26.5 Å². The van der Waals surface area contributed by atoms with E-state index in [1.54, 1.807) is 26.5 Å². The molecule has 1 heterocycles. The second-order valence-corrected chi connectivity index (χ2v) is 3.04. The molecule has 0 N–H and O–H groups in total. The van der Waals surface area contributed by atoms with Crippen LogP contribution in [0.5, 0.6) is 0 Å². The van der Waals surface area contributed by atoms with Crippen LogP contribution in [0.3, 0.4) is 0 Å². The zero-order chi connectivity index (χ0) is 10.4. The largest absolute Gasteiger partial charge is 0.330 e. The fourth-order valence-electron chi connectivity index (χ4n) is 0.950. The molecule has 1 aromatic heterocycles. The molecule has 1 amide bonds. The fourth-order valence-corrected chi connectivity index (χ4v) is 0.950. The first-order valence-corrected chi connectivity index (χ1v) is 4.40. The van der Waals surface area contributed by atoms with Crippen LogP contribution in [0.4, 0.5) is 4.79 Å². The summed E-state index contributed by atoms with van der Waals surface area (Å²) >= 11 is 0. The molecule has 0 spiro atoms. The molecule has 0 unspecified atom stereocenters. The second kappa shape index (κ2) is 5.07. The van der Waals surface area contributed by atoms with Crippen LogP contribution in [0.2, 0.25) is 0 Å². The number of rotatable bonds is 0. The van der Waals surface area contributed by atoms with Gasteiger partial charge in [0.1, 0.15) is 0 Å². The van der Waals surface area contributed by atoms with Crippen LogP contribution < -0.4 is 0 Å². The summed E-state index contributed by atoms with van der Waals surface area (Å²) < 4.78 is 1.53. The van der Waals surface area contributed by atoms with Crippen molar-refractivity contribution in [3.8, 4) is 0 Å². The van der Waals surface area contributed by atoms with E-state index in [1.165, 1.54) is 9.47 Å². The Morgan fingerprint density at radius 2 is 1.36 bits per heavy atom. The SMILES string of the molecule is CN(C)C(=O)n1cccccccc1. The molecule has 1 aromatic rings. The molecule has 3 nitrogen and oxygen atoms in total. The van der Waals surface area contributed by atoms with Crippen LogP contribution in [0.15, 0.2) is 48.8 Å².